The standard InChI is InChI=1S/C17H17BrO2/c18-14-9-6-12(7-10-14)8-11-15(19)17-16(20-17)13-4-2-1-3-5-13/h1-7,9-10,15-17,19H,8,11H2/t15-,16-,17-/m1/s1. The van der Waals surface area contributed by atoms with Gasteiger partial charge in [-0.05, 0) is 36.1 Å². The van der Waals surface area contributed by atoms with Crippen LogP contribution in [0.25, 0.3) is 0 Å². The van der Waals surface area contributed by atoms with Crippen molar-refractivity contribution in [1.82, 2.24) is 0 Å². The molecular weight excluding hydrogens is 316 g/mol. The maximum absolute atomic E-state index is 10.2. The van der Waals surface area contributed by atoms with E-state index in [0.717, 1.165) is 22.9 Å². The first-order valence-electron chi connectivity index (χ1n) is 6.87. The fraction of sp³-hybridized carbons (Fsp3) is 0.294. The third-order valence-electron chi connectivity index (χ3n) is 3.67. The Morgan fingerprint density at radius 2 is 1.75 bits per heavy atom. The van der Waals surface area contributed by atoms with Crippen LogP contribution in [0.15, 0.2) is 59.1 Å². The van der Waals surface area contributed by atoms with Crippen molar-refractivity contribution in [3.63, 3.8) is 0 Å². The van der Waals surface area contributed by atoms with E-state index in [1.807, 2.05) is 42.5 Å². The normalized spacial score (nSPS) is 22.5. The summed E-state index contributed by atoms with van der Waals surface area (Å²) < 4.78 is 6.69. The van der Waals surface area contributed by atoms with E-state index in [4.69, 9.17) is 4.74 Å². The van der Waals surface area contributed by atoms with Crippen LogP contribution in [0.5, 0.6) is 0 Å². The van der Waals surface area contributed by atoms with Gasteiger partial charge in [-0.3, -0.25) is 0 Å². The number of rotatable bonds is 5. The molecular formula is C17H17BrO2. The molecule has 3 rings (SSSR count). The molecule has 0 amide bonds. The van der Waals surface area contributed by atoms with Crippen LogP contribution in [-0.4, -0.2) is 17.3 Å². The lowest BCUT2D eigenvalue weighted by molar-refractivity contribution is 0.127. The maximum atomic E-state index is 10.2. The highest BCUT2D eigenvalue weighted by atomic mass is 79.9. The quantitative estimate of drug-likeness (QED) is 0.842. The highest BCUT2D eigenvalue weighted by Crippen LogP contribution is 2.41. The zero-order valence-electron chi connectivity index (χ0n) is 11.1. The van der Waals surface area contributed by atoms with E-state index in [2.05, 4.69) is 28.1 Å². The molecule has 3 atom stereocenters. The highest BCUT2D eigenvalue weighted by Gasteiger charge is 2.44. The molecule has 0 aliphatic carbocycles. The van der Waals surface area contributed by atoms with Crippen molar-refractivity contribution >= 4 is 15.9 Å². The first-order chi connectivity index (χ1) is 9.74. The largest absolute Gasteiger partial charge is 0.390 e. The summed E-state index contributed by atoms with van der Waals surface area (Å²) in [7, 11) is 0. The third-order valence-corrected chi connectivity index (χ3v) is 4.20. The van der Waals surface area contributed by atoms with Crippen molar-refractivity contribution < 1.29 is 9.84 Å². The summed E-state index contributed by atoms with van der Waals surface area (Å²) in [6, 6.07) is 18.3. The second-order valence-corrected chi connectivity index (χ2v) is 6.08. The minimum atomic E-state index is -0.399. The first-order valence-corrected chi connectivity index (χ1v) is 7.66. The van der Waals surface area contributed by atoms with Gasteiger partial charge in [-0.1, -0.05) is 58.4 Å². The predicted octanol–water partition coefficient (Wildman–Crippen LogP) is 3.88. The van der Waals surface area contributed by atoms with Crippen molar-refractivity contribution in [3.8, 4) is 0 Å². The summed E-state index contributed by atoms with van der Waals surface area (Å²) >= 11 is 3.42. The molecule has 0 bridgehead atoms. The van der Waals surface area contributed by atoms with Crippen LogP contribution in [-0.2, 0) is 11.2 Å². The number of aliphatic hydroxyl groups excluding tert-OH is 1. The predicted molar refractivity (Wildman–Crippen MR) is 82.5 cm³/mol. The topological polar surface area (TPSA) is 32.8 Å². The van der Waals surface area contributed by atoms with E-state index >= 15 is 0 Å². The number of aliphatic hydroxyl groups is 1. The van der Waals surface area contributed by atoms with E-state index in [1.54, 1.807) is 0 Å². The Morgan fingerprint density at radius 1 is 1.05 bits per heavy atom. The van der Waals surface area contributed by atoms with Crippen molar-refractivity contribution in [3.05, 3.63) is 70.2 Å². The van der Waals surface area contributed by atoms with Crippen LogP contribution in [0.3, 0.4) is 0 Å². The molecule has 1 saturated heterocycles. The molecule has 2 aromatic rings. The Kier molecular flexibility index (Phi) is 4.20. The van der Waals surface area contributed by atoms with Crippen molar-refractivity contribution in [2.24, 2.45) is 0 Å². The van der Waals surface area contributed by atoms with Gasteiger partial charge in [0.1, 0.15) is 12.2 Å². The maximum Gasteiger partial charge on any atom is 0.115 e. The molecule has 1 aliphatic heterocycles. The summed E-state index contributed by atoms with van der Waals surface area (Å²) in [6.07, 6.45) is 1.22. The van der Waals surface area contributed by atoms with Crippen LogP contribution in [0.2, 0.25) is 0 Å². The SMILES string of the molecule is O[C@H](CCc1ccc(Br)cc1)[C@H]1O[C@@H]1c1ccccc1. The Hall–Kier alpha value is -1.16. The zero-order valence-corrected chi connectivity index (χ0v) is 12.7. The zero-order chi connectivity index (χ0) is 13.9. The molecule has 2 aromatic carbocycles. The minimum absolute atomic E-state index is 0.0483. The Bertz CT molecular complexity index is 553. The molecule has 1 aliphatic rings. The fourth-order valence-corrected chi connectivity index (χ4v) is 2.72. The number of aryl methyl sites for hydroxylation is 1. The highest BCUT2D eigenvalue weighted by molar-refractivity contribution is 9.10. The van der Waals surface area contributed by atoms with Gasteiger partial charge in [0.15, 0.2) is 0 Å². The molecule has 0 unspecified atom stereocenters. The molecule has 0 spiro atoms. The van der Waals surface area contributed by atoms with E-state index in [9.17, 15) is 5.11 Å². The van der Waals surface area contributed by atoms with Gasteiger partial charge in [0.25, 0.3) is 0 Å². The molecule has 1 fully saturated rings. The van der Waals surface area contributed by atoms with Gasteiger partial charge in [-0.2, -0.15) is 0 Å². The van der Waals surface area contributed by atoms with E-state index in [-0.39, 0.29) is 12.2 Å². The Morgan fingerprint density at radius 3 is 2.45 bits per heavy atom. The third kappa shape index (κ3) is 3.29. The van der Waals surface area contributed by atoms with Gasteiger partial charge >= 0.3 is 0 Å². The van der Waals surface area contributed by atoms with Gasteiger partial charge in [0, 0.05) is 4.47 Å². The fourth-order valence-electron chi connectivity index (χ4n) is 2.46. The summed E-state index contributed by atoms with van der Waals surface area (Å²) in [5, 5.41) is 10.2. The molecule has 2 nitrogen and oxygen atoms in total. The van der Waals surface area contributed by atoms with Crippen LogP contribution in [0, 0.1) is 0 Å². The van der Waals surface area contributed by atoms with Crippen LogP contribution >= 0.6 is 15.9 Å². The Labute approximate surface area is 127 Å². The molecule has 1 N–H and O–H groups in total. The lowest BCUT2D eigenvalue weighted by Crippen LogP contribution is -2.16. The van der Waals surface area contributed by atoms with Crippen LogP contribution in [0.1, 0.15) is 23.7 Å². The van der Waals surface area contributed by atoms with Crippen LogP contribution in [0.4, 0.5) is 0 Å². The van der Waals surface area contributed by atoms with E-state index in [0.29, 0.717) is 0 Å². The van der Waals surface area contributed by atoms with Gasteiger partial charge in [0.2, 0.25) is 0 Å². The number of hydrogen-bond donors (Lipinski definition) is 1. The van der Waals surface area contributed by atoms with E-state index < -0.39 is 6.10 Å². The average molecular weight is 333 g/mol. The van der Waals surface area contributed by atoms with Gasteiger partial charge in [0.05, 0.1) is 6.10 Å². The molecule has 0 radical (unpaired) electrons. The van der Waals surface area contributed by atoms with Gasteiger partial charge in [-0.25, -0.2) is 0 Å². The number of ether oxygens (including phenoxy) is 1. The van der Waals surface area contributed by atoms with E-state index in [1.165, 1.54) is 5.56 Å². The van der Waals surface area contributed by atoms with Crippen molar-refractivity contribution in [1.29, 1.82) is 0 Å². The molecule has 1 heterocycles. The molecule has 104 valence electrons. The lowest BCUT2D eigenvalue weighted by Gasteiger charge is -2.07. The van der Waals surface area contributed by atoms with Gasteiger partial charge < -0.3 is 9.84 Å². The van der Waals surface area contributed by atoms with Crippen molar-refractivity contribution in [2.75, 3.05) is 0 Å². The second-order valence-electron chi connectivity index (χ2n) is 5.16. The Balaban J connectivity index is 1.51. The monoisotopic (exact) mass is 332 g/mol. The number of hydrogen-bond acceptors (Lipinski definition) is 2. The lowest BCUT2D eigenvalue weighted by atomic mass is 10.0. The van der Waals surface area contributed by atoms with Gasteiger partial charge in [-0.15, -0.1) is 0 Å². The molecule has 0 aromatic heterocycles. The molecule has 20 heavy (non-hydrogen) atoms. The number of benzene rings is 2. The smallest absolute Gasteiger partial charge is 0.115 e. The average Bonchev–Trinajstić information content (AvgIpc) is 3.28. The summed E-state index contributed by atoms with van der Waals surface area (Å²) in [5.41, 5.74) is 2.39. The number of epoxide rings is 1. The summed E-state index contributed by atoms with van der Waals surface area (Å²) in [4.78, 5) is 0. The van der Waals surface area contributed by atoms with Crippen LogP contribution < -0.4 is 0 Å². The number of halogens is 1. The molecule has 0 saturated carbocycles. The molecule has 3 heteroatoms. The second kappa shape index (κ2) is 6.08. The first kappa shape index (κ1) is 13.8. The van der Waals surface area contributed by atoms with Crippen molar-refractivity contribution in [2.45, 2.75) is 31.2 Å². The summed E-state index contributed by atoms with van der Waals surface area (Å²) in [6.45, 7) is 0. The summed E-state index contributed by atoms with van der Waals surface area (Å²) in [5.74, 6) is 0. The minimum Gasteiger partial charge on any atom is -0.390 e.